The van der Waals surface area contributed by atoms with Crippen molar-refractivity contribution in [3.05, 3.63) is 29.6 Å². The van der Waals surface area contributed by atoms with Crippen LogP contribution in [0.2, 0.25) is 0 Å². The minimum atomic E-state index is -0.395. The highest BCUT2D eigenvalue weighted by Gasteiger charge is 2.02. The molecular weight excluding hydrogens is 247 g/mol. The maximum absolute atomic E-state index is 12.9. The summed E-state index contributed by atoms with van der Waals surface area (Å²) in [4.78, 5) is 0. The van der Waals surface area contributed by atoms with Gasteiger partial charge >= 0.3 is 0 Å². The summed E-state index contributed by atoms with van der Waals surface area (Å²) in [6, 6.07) is 6.13. The number of hydrogen-bond acceptors (Lipinski definition) is 4. The Hall–Kier alpha value is -1.64. The van der Waals surface area contributed by atoms with Gasteiger partial charge in [0.25, 0.3) is 0 Å². The molecule has 0 aromatic heterocycles. The molecule has 0 bridgehead atoms. The number of rotatable bonds is 9. The number of nitriles is 1. The number of anilines is 1. The molecule has 0 spiro atoms. The maximum atomic E-state index is 12.9. The van der Waals surface area contributed by atoms with Gasteiger partial charge in [0.15, 0.2) is 0 Å². The molecule has 0 fully saturated rings. The van der Waals surface area contributed by atoms with E-state index in [9.17, 15) is 4.39 Å². The second-order valence-electron chi connectivity index (χ2n) is 4.04. The highest BCUT2D eigenvalue weighted by molar-refractivity contribution is 5.57. The fraction of sp³-hybridized carbons (Fsp3) is 0.500. The molecule has 0 aliphatic carbocycles. The van der Waals surface area contributed by atoms with Gasteiger partial charge < -0.3 is 14.8 Å². The summed E-state index contributed by atoms with van der Waals surface area (Å²) in [5.74, 6) is -0.395. The summed E-state index contributed by atoms with van der Waals surface area (Å²) in [7, 11) is 1.64. The van der Waals surface area contributed by atoms with Crippen LogP contribution in [0.3, 0.4) is 0 Å². The van der Waals surface area contributed by atoms with E-state index in [0.717, 1.165) is 19.4 Å². The van der Waals surface area contributed by atoms with E-state index in [1.165, 1.54) is 12.1 Å². The topological polar surface area (TPSA) is 54.3 Å². The molecule has 0 heterocycles. The Kier molecular flexibility index (Phi) is 7.56. The molecule has 1 N–H and O–H groups in total. The van der Waals surface area contributed by atoms with Crippen LogP contribution >= 0.6 is 0 Å². The molecule has 1 rings (SSSR count). The van der Waals surface area contributed by atoms with Crippen molar-refractivity contribution >= 4 is 5.69 Å². The van der Waals surface area contributed by atoms with Gasteiger partial charge in [-0.15, -0.1) is 0 Å². The highest BCUT2D eigenvalue weighted by Crippen LogP contribution is 2.15. The number of hydrogen-bond donors (Lipinski definition) is 1. The van der Waals surface area contributed by atoms with Crippen LogP contribution in [0.25, 0.3) is 0 Å². The smallest absolute Gasteiger partial charge is 0.124 e. The van der Waals surface area contributed by atoms with Gasteiger partial charge in [0, 0.05) is 20.3 Å². The summed E-state index contributed by atoms with van der Waals surface area (Å²) in [5, 5.41) is 12.0. The van der Waals surface area contributed by atoms with Crippen LogP contribution in [0.4, 0.5) is 10.1 Å². The van der Waals surface area contributed by atoms with E-state index in [2.05, 4.69) is 5.32 Å². The Morgan fingerprint density at radius 3 is 2.84 bits per heavy atom. The molecule has 0 atom stereocenters. The quantitative estimate of drug-likeness (QED) is 0.698. The van der Waals surface area contributed by atoms with E-state index < -0.39 is 5.82 Å². The lowest BCUT2D eigenvalue weighted by molar-refractivity contribution is 0.0691. The molecule has 0 unspecified atom stereocenters. The van der Waals surface area contributed by atoms with E-state index in [1.807, 2.05) is 6.07 Å². The first kappa shape index (κ1) is 15.4. The van der Waals surface area contributed by atoms with E-state index in [0.29, 0.717) is 31.1 Å². The monoisotopic (exact) mass is 266 g/mol. The molecule has 0 aliphatic rings. The Morgan fingerprint density at radius 1 is 1.26 bits per heavy atom. The normalized spacial score (nSPS) is 10.2. The lowest BCUT2D eigenvalue weighted by Crippen LogP contribution is -2.07. The third-order valence-electron chi connectivity index (χ3n) is 2.56. The van der Waals surface area contributed by atoms with Gasteiger partial charge in [-0.25, -0.2) is 4.39 Å². The van der Waals surface area contributed by atoms with Crippen molar-refractivity contribution in [1.29, 1.82) is 5.26 Å². The molecule has 0 saturated carbocycles. The molecule has 104 valence electrons. The SMILES string of the molecule is COCCOCCCCNc1ccc(F)cc1C#N. The Bertz CT molecular complexity index is 418. The first-order valence-corrected chi connectivity index (χ1v) is 6.28. The molecular formula is C14H19FN2O2. The van der Waals surface area contributed by atoms with E-state index in [-0.39, 0.29) is 0 Å². The van der Waals surface area contributed by atoms with Crippen LogP contribution in [0.1, 0.15) is 18.4 Å². The first-order valence-electron chi connectivity index (χ1n) is 6.28. The number of ether oxygens (including phenoxy) is 2. The molecule has 1 aromatic rings. The van der Waals surface area contributed by atoms with Crippen LogP contribution in [0, 0.1) is 17.1 Å². The fourth-order valence-electron chi connectivity index (χ4n) is 1.56. The zero-order valence-electron chi connectivity index (χ0n) is 11.1. The van der Waals surface area contributed by atoms with Gasteiger partial charge in [-0.1, -0.05) is 0 Å². The average molecular weight is 266 g/mol. The standard InChI is InChI=1S/C14H19FN2O2/c1-18-8-9-19-7-3-2-6-17-14-5-4-13(15)10-12(14)11-16/h4-5,10,17H,2-3,6-9H2,1H3. The van der Waals surface area contributed by atoms with Gasteiger partial charge in [0.05, 0.1) is 24.5 Å². The molecule has 0 saturated heterocycles. The van der Waals surface area contributed by atoms with Crippen molar-refractivity contribution in [3.8, 4) is 6.07 Å². The van der Waals surface area contributed by atoms with Crippen molar-refractivity contribution in [2.75, 3.05) is 38.8 Å². The number of nitrogens with zero attached hydrogens (tertiary/aromatic N) is 1. The van der Waals surface area contributed by atoms with Crippen LogP contribution in [0.15, 0.2) is 18.2 Å². The number of unbranched alkanes of at least 4 members (excludes halogenated alkanes) is 1. The van der Waals surface area contributed by atoms with E-state index in [4.69, 9.17) is 14.7 Å². The van der Waals surface area contributed by atoms with Gasteiger partial charge in [-0.2, -0.15) is 5.26 Å². The van der Waals surface area contributed by atoms with Crippen LogP contribution in [-0.4, -0.2) is 33.5 Å². The largest absolute Gasteiger partial charge is 0.384 e. The fourth-order valence-corrected chi connectivity index (χ4v) is 1.56. The molecule has 1 aromatic carbocycles. The number of methoxy groups -OCH3 is 1. The van der Waals surface area contributed by atoms with Crippen LogP contribution in [-0.2, 0) is 9.47 Å². The second kappa shape index (κ2) is 9.31. The summed E-state index contributed by atoms with van der Waals surface area (Å²) in [6.07, 6.45) is 1.86. The van der Waals surface area contributed by atoms with Crippen molar-refractivity contribution in [2.24, 2.45) is 0 Å². The predicted molar refractivity (Wildman–Crippen MR) is 71.5 cm³/mol. The number of halogens is 1. The third kappa shape index (κ3) is 6.18. The van der Waals surface area contributed by atoms with Crippen molar-refractivity contribution in [3.63, 3.8) is 0 Å². The number of nitrogens with one attached hydrogen (secondary N) is 1. The minimum absolute atomic E-state index is 0.330. The lowest BCUT2D eigenvalue weighted by atomic mass is 10.2. The number of benzene rings is 1. The molecule has 0 radical (unpaired) electrons. The zero-order valence-corrected chi connectivity index (χ0v) is 11.1. The van der Waals surface area contributed by atoms with E-state index in [1.54, 1.807) is 13.2 Å². The molecule has 5 heteroatoms. The summed E-state index contributed by atoms with van der Waals surface area (Å²) in [6.45, 7) is 2.65. The van der Waals surface area contributed by atoms with Gasteiger partial charge in [-0.3, -0.25) is 0 Å². The zero-order chi connectivity index (χ0) is 13.9. The lowest BCUT2D eigenvalue weighted by Gasteiger charge is -2.08. The summed E-state index contributed by atoms with van der Waals surface area (Å²) < 4.78 is 23.1. The summed E-state index contributed by atoms with van der Waals surface area (Å²) in [5.41, 5.74) is 1.00. The van der Waals surface area contributed by atoms with Gasteiger partial charge in [0.2, 0.25) is 0 Å². The van der Waals surface area contributed by atoms with E-state index >= 15 is 0 Å². The predicted octanol–water partition coefficient (Wildman–Crippen LogP) is 2.55. The second-order valence-corrected chi connectivity index (χ2v) is 4.04. The van der Waals surface area contributed by atoms with Crippen LogP contribution < -0.4 is 5.32 Å². The van der Waals surface area contributed by atoms with Crippen molar-refractivity contribution in [1.82, 2.24) is 0 Å². The third-order valence-corrected chi connectivity index (χ3v) is 2.56. The van der Waals surface area contributed by atoms with Crippen molar-refractivity contribution < 1.29 is 13.9 Å². The van der Waals surface area contributed by atoms with Gasteiger partial charge in [-0.05, 0) is 31.0 Å². The van der Waals surface area contributed by atoms with Gasteiger partial charge in [0.1, 0.15) is 11.9 Å². The van der Waals surface area contributed by atoms with Crippen LogP contribution in [0.5, 0.6) is 0 Å². The van der Waals surface area contributed by atoms with Crippen molar-refractivity contribution in [2.45, 2.75) is 12.8 Å². The Balaban J connectivity index is 2.18. The Morgan fingerprint density at radius 2 is 2.11 bits per heavy atom. The average Bonchev–Trinajstić information content (AvgIpc) is 2.43. The molecule has 19 heavy (non-hydrogen) atoms. The summed E-state index contributed by atoms with van der Waals surface area (Å²) >= 11 is 0. The first-order chi connectivity index (χ1) is 9.27. The molecule has 0 aliphatic heterocycles. The Labute approximate surface area is 113 Å². The maximum Gasteiger partial charge on any atom is 0.124 e. The molecule has 0 amide bonds. The molecule has 4 nitrogen and oxygen atoms in total. The highest BCUT2D eigenvalue weighted by atomic mass is 19.1. The minimum Gasteiger partial charge on any atom is -0.384 e.